The van der Waals surface area contributed by atoms with Crippen molar-refractivity contribution in [1.29, 1.82) is 0 Å². The zero-order chi connectivity index (χ0) is 32.7. The molecular formula is C37H59ClFN3. The molecule has 3 nitrogen and oxygen atoms in total. The van der Waals surface area contributed by atoms with Gasteiger partial charge >= 0.3 is 0 Å². The standard InChI is InChI=1S/C17H25ClN2.C8H11N.C7H11F.C5H12/c1-13(2)6-7-15(5)20(11-14(3)4)12-16-8-9-17(18)19-10-16;1-3-8-5-4-7(2)9-6-8;1-6(2)4-5-7(3)8;1-4-5(2)3/h6-10,13-14H,5,11-12H2,1-4H3;4-6H,3H2,1-2H3;4-5,7H,1H2,2-3H3;5H,4H2,1-3H3/b7-6+;;5-4+;. The van der Waals surface area contributed by atoms with Crippen LogP contribution in [-0.2, 0) is 13.0 Å². The fraction of sp³-hybridized carbons (Fsp3) is 0.514. The molecular weight excluding hydrogens is 541 g/mol. The third-order valence-corrected chi connectivity index (χ3v) is 5.89. The van der Waals surface area contributed by atoms with Crippen LogP contribution in [0.15, 0.2) is 85.4 Å². The van der Waals surface area contributed by atoms with Gasteiger partial charge in [0.05, 0.1) is 0 Å². The van der Waals surface area contributed by atoms with E-state index < -0.39 is 6.17 Å². The smallest absolute Gasteiger partial charge is 0.129 e. The van der Waals surface area contributed by atoms with Crippen LogP contribution < -0.4 is 0 Å². The van der Waals surface area contributed by atoms with E-state index in [-0.39, 0.29) is 0 Å². The van der Waals surface area contributed by atoms with Gasteiger partial charge in [0.25, 0.3) is 0 Å². The van der Waals surface area contributed by atoms with E-state index >= 15 is 0 Å². The van der Waals surface area contributed by atoms with Crippen molar-refractivity contribution in [3.63, 3.8) is 0 Å². The minimum absolute atomic E-state index is 0.530. The molecule has 0 amide bonds. The van der Waals surface area contributed by atoms with E-state index in [1.807, 2.05) is 44.4 Å². The van der Waals surface area contributed by atoms with Crippen LogP contribution in [0.3, 0.4) is 0 Å². The number of alkyl halides is 1. The molecule has 0 saturated heterocycles. The summed E-state index contributed by atoms with van der Waals surface area (Å²) in [4.78, 5) is 10.6. The topological polar surface area (TPSA) is 29.0 Å². The summed E-state index contributed by atoms with van der Waals surface area (Å²) in [5, 5.41) is 0.530. The summed E-state index contributed by atoms with van der Waals surface area (Å²) in [6.07, 6.45) is 12.7. The van der Waals surface area contributed by atoms with Crippen LogP contribution in [0, 0.1) is 24.7 Å². The lowest BCUT2D eigenvalue weighted by atomic mass is 10.1. The highest BCUT2D eigenvalue weighted by Gasteiger charge is 2.09. The zero-order valence-electron chi connectivity index (χ0n) is 28.4. The molecule has 0 aliphatic rings. The average Bonchev–Trinajstić information content (AvgIpc) is 2.92. The highest BCUT2D eigenvalue weighted by atomic mass is 35.5. The summed E-state index contributed by atoms with van der Waals surface area (Å²) in [5.41, 5.74) is 5.47. The first kappa shape index (κ1) is 41.4. The normalized spacial score (nSPS) is 11.4. The van der Waals surface area contributed by atoms with E-state index in [1.165, 1.54) is 25.0 Å². The second kappa shape index (κ2) is 24.8. The van der Waals surface area contributed by atoms with Crippen LogP contribution >= 0.6 is 11.6 Å². The van der Waals surface area contributed by atoms with Gasteiger partial charge in [-0.2, -0.15) is 0 Å². The lowest BCUT2D eigenvalue weighted by Gasteiger charge is -2.27. The molecule has 1 atom stereocenters. The van der Waals surface area contributed by atoms with Crippen LogP contribution in [-0.4, -0.2) is 27.6 Å². The summed E-state index contributed by atoms with van der Waals surface area (Å²) >= 11 is 5.83. The van der Waals surface area contributed by atoms with Gasteiger partial charge in [-0.15, -0.1) is 0 Å². The Hall–Kier alpha value is -2.72. The summed E-state index contributed by atoms with van der Waals surface area (Å²) in [7, 11) is 0. The van der Waals surface area contributed by atoms with Crippen molar-refractivity contribution in [2.24, 2.45) is 17.8 Å². The second-order valence-electron chi connectivity index (χ2n) is 11.7. The molecule has 0 aliphatic carbocycles. The summed E-state index contributed by atoms with van der Waals surface area (Å²) in [6, 6.07) is 8.00. The molecule has 2 rings (SSSR count). The van der Waals surface area contributed by atoms with Gasteiger partial charge < -0.3 is 4.90 Å². The minimum atomic E-state index is -0.855. The number of pyridine rings is 2. The van der Waals surface area contributed by atoms with Gasteiger partial charge in [0.2, 0.25) is 0 Å². The third-order valence-electron chi connectivity index (χ3n) is 5.67. The molecule has 2 aromatic rings. The van der Waals surface area contributed by atoms with E-state index in [1.54, 1.807) is 6.08 Å². The van der Waals surface area contributed by atoms with E-state index in [2.05, 4.69) is 102 Å². The molecule has 0 aromatic carbocycles. The molecule has 0 aliphatic heterocycles. The molecule has 236 valence electrons. The maximum absolute atomic E-state index is 11.9. The van der Waals surface area contributed by atoms with E-state index in [0.29, 0.717) is 17.0 Å². The number of hydrogen-bond donors (Lipinski definition) is 0. The van der Waals surface area contributed by atoms with Gasteiger partial charge in [0.1, 0.15) is 11.3 Å². The Morgan fingerprint density at radius 1 is 0.881 bits per heavy atom. The Kier molecular flexibility index (Phi) is 24.5. The SMILES string of the molecule is C=C(/C=C/C(C)C)N(Cc1ccc(Cl)nc1)CC(C)C.C=C(C)/C=C/C(C)F.CCC(C)C.CCc1ccc(C)nc1. The molecule has 1 unspecified atom stereocenters. The minimum Gasteiger partial charge on any atom is -0.367 e. The lowest BCUT2D eigenvalue weighted by Crippen LogP contribution is -2.25. The molecule has 0 fully saturated rings. The Morgan fingerprint density at radius 2 is 1.45 bits per heavy atom. The molecule has 2 heterocycles. The Morgan fingerprint density at radius 3 is 1.81 bits per heavy atom. The van der Waals surface area contributed by atoms with Gasteiger partial charge in [0, 0.05) is 36.9 Å². The van der Waals surface area contributed by atoms with Gasteiger partial charge in [-0.05, 0) is 74.3 Å². The van der Waals surface area contributed by atoms with Crippen LogP contribution in [0.2, 0.25) is 5.15 Å². The zero-order valence-corrected chi connectivity index (χ0v) is 29.2. The highest BCUT2D eigenvalue weighted by Crippen LogP contribution is 2.15. The molecule has 0 N–H and O–H groups in total. The van der Waals surface area contributed by atoms with Gasteiger partial charge in [-0.3, -0.25) is 4.98 Å². The predicted molar refractivity (Wildman–Crippen MR) is 186 cm³/mol. The van der Waals surface area contributed by atoms with Crippen molar-refractivity contribution in [1.82, 2.24) is 14.9 Å². The quantitative estimate of drug-likeness (QED) is 0.190. The number of allylic oxidation sites excluding steroid dienone is 5. The van der Waals surface area contributed by atoms with Crippen molar-refractivity contribution < 1.29 is 4.39 Å². The maximum atomic E-state index is 11.9. The van der Waals surface area contributed by atoms with Gasteiger partial charge in [-0.1, -0.05) is 123 Å². The van der Waals surface area contributed by atoms with Gasteiger partial charge in [-0.25, -0.2) is 9.37 Å². The Balaban J connectivity index is 0. The van der Waals surface area contributed by atoms with Crippen molar-refractivity contribution in [2.75, 3.05) is 6.54 Å². The Bertz CT molecular complexity index is 1020. The molecule has 0 spiro atoms. The summed E-state index contributed by atoms with van der Waals surface area (Å²) in [5.74, 6) is 2.00. The third kappa shape index (κ3) is 26.2. The number of aryl methyl sites for hydroxylation is 2. The Labute approximate surface area is 263 Å². The number of halogens is 2. The summed E-state index contributed by atoms with van der Waals surface area (Å²) in [6.45, 7) is 32.4. The van der Waals surface area contributed by atoms with Crippen LogP contribution in [0.5, 0.6) is 0 Å². The van der Waals surface area contributed by atoms with Crippen molar-refractivity contribution in [3.8, 4) is 0 Å². The summed E-state index contributed by atoms with van der Waals surface area (Å²) < 4.78 is 11.9. The van der Waals surface area contributed by atoms with Gasteiger partial charge in [0.15, 0.2) is 0 Å². The van der Waals surface area contributed by atoms with Crippen molar-refractivity contribution in [3.05, 3.63) is 107 Å². The first-order valence-electron chi connectivity index (χ1n) is 15.2. The van der Waals surface area contributed by atoms with Crippen molar-refractivity contribution in [2.45, 2.75) is 102 Å². The molecule has 0 saturated carbocycles. The average molecular weight is 600 g/mol. The van der Waals surface area contributed by atoms with E-state index in [0.717, 1.165) is 48.0 Å². The van der Waals surface area contributed by atoms with Crippen LogP contribution in [0.25, 0.3) is 0 Å². The molecule has 5 heteroatoms. The molecule has 42 heavy (non-hydrogen) atoms. The van der Waals surface area contributed by atoms with E-state index in [4.69, 9.17) is 11.6 Å². The molecule has 0 radical (unpaired) electrons. The molecule has 2 aromatic heterocycles. The van der Waals surface area contributed by atoms with Crippen LogP contribution in [0.4, 0.5) is 4.39 Å². The number of rotatable bonds is 11. The fourth-order valence-electron chi connectivity index (χ4n) is 2.86. The number of nitrogens with zero attached hydrogens (tertiary/aromatic N) is 3. The maximum Gasteiger partial charge on any atom is 0.129 e. The fourth-order valence-corrected chi connectivity index (χ4v) is 2.97. The number of hydrogen-bond acceptors (Lipinski definition) is 3. The largest absolute Gasteiger partial charge is 0.367 e. The predicted octanol–water partition coefficient (Wildman–Crippen LogP) is 11.4. The monoisotopic (exact) mass is 599 g/mol. The number of aromatic nitrogens is 2. The lowest BCUT2D eigenvalue weighted by molar-refractivity contribution is 0.306. The first-order chi connectivity index (χ1) is 19.6. The first-order valence-corrected chi connectivity index (χ1v) is 15.6. The van der Waals surface area contributed by atoms with E-state index in [9.17, 15) is 4.39 Å². The second-order valence-corrected chi connectivity index (χ2v) is 12.1. The van der Waals surface area contributed by atoms with Crippen LogP contribution in [0.1, 0.15) is 92.5 Å². The van der Waals surface area contributed by atoms with Crippen molar-refractivity contribution >= 4 is 11.6 Å². The highest BCUT2D eigenvalue weighted by molar-refractivity contribution is 6.29. The molecule has 0 bridgehead atoms.